The lowest BCUT2D eigenvalue weighted by Crippen LogP contribution is -2.26. The van der Waals surface area contributed by atoms with Crippen molar-refractivity contribution in [3.63, 3.8) is 0 Å². The van der Waals surface area contributed by atoms with Gasteiger partial charge in [-0.25, -0.2) is 17.5 Å². The van der Waals surface area contributed by atoms with E-state index in [1.54, 1.807) is 11.8 Å². The lowest BCUT2D eigenvalue weighted by Gasteiger charge is -2.08. The molecule has 0 aliphatic rings. The van der Waals surface area contributed by atoms with Gasteiger partial charge in [-0.1, -0.05) is 29.8 Å². The van der Waals surface area contributed by atoms with Crippen molar-refractivity contribution in [2.24, 2.45) is 0 Å². The minimum absolute atomic E-state index is 0.0163. The summed E-state index contributed by atoms with van der Waals surface area (Å²) in [5.74, 6) is 0.766. The van der Waals surface area contributed by atoms with Crippen LogP contribution in [0.3, 0.4) is 0 Å². The van der Waals surface area contributed by atoms with Crippen LogP contribution < -0.4 is 9.46 Å². The number of methoxy groups -OCH3 is 1. The third-order valence-electron chi connectivity index (χ3n) is 3.36. The van der Waals surface area contributed by atoms with E-state index in [2.05, 4.69) is 29.0 Å². The standard InChI is InChI=1S/C17H20FNO3S2/c1-13-3-5-14(6-4-13)12-23-10-9-19-24(20,21)15-7-8-17(22-2)16(18)11-15/h3-8,11,19H,9-10,12H2,1-2H3. The normalized spacial score (nSPS) is 11.5. The molecular weight excluding hydrogens is 349 g/mol. The molecule has 0 heterocycles. The van der Waals surface area contributed by atoms with Crippen LogP contribution in [0, 0.1) is 12.7 Å². The fraction of sp³-hybridized carbons (Fsp3) is 0.294. The molecule has 0 fully saturated rings. The van der Waals surface area contributed by atoms with E-state index in [9.17, 15) is 12.8 Å². The molecule has 0 saturated heterocycles. The Morgan fingerprint density at radius 2 is 1.88 bits per heavy atom. The summed E-state index contributed by atoms with van der Waals surface area (Å²) in [5.41, 5.74) is 2.41. The molecule has 7 heteroatoms. The van der Waals surface area contributed by atoms with E-state index in [-0.39, 0.29) is 17.2 Å². The monoisotopic (exact) mass is 369 g/mol. The number of hydrogen-bond acceptors (Lipinski definition) is 4. The Kier molecular flexibility index (Phi) is 6.65. The van der Waals surface area contributed by atoms with Gasteiger partial charge < -0.3 is 4.74 Å². The third-order valence-corrected chi connectivity index (χ3v) is 5.85. The van der Waals surface area contributed by atoms with Crippen LogP contribution in [0.1, 0.15) is 11.1 Å². The highest BCUT2D eigenvalue weighted by Gasteiger charge is 2.16. The van der Waals surface area contributed by atoms with E-state index >= 15 is 0 Å². The Hall–Kier alpha value is -1.57. The maximum atomic E-state index is 13.6. The van der Waals surface area contributed by atoms with Gasteiger partial charge in [0.05, 0.1) is 12.0 Å². The van der Waals surface area contributed by atoms with Crippen molar-refractivity contribution in [1.29, 1.82) is 0 Å². The van der Waals surface area contributed by atoms with Crippen LogP contribution in [-0.4, -0.2) is 27.8 Å². The Balaban J connectivity index is 1.82. The second-order valence-electron chi connectivity index (χ2n) is 5.23. The van der Waals surface area contributed by atoms with Crippen molar-refractivity contribution >= 4 is 21.8 Å². The zero-order valence-electron chi connectivity index (χ0n) is 13.6. The van der Waals surface area contributed by atoms with Crippen LogP contribution in [0.15, 0.2) is 47.4 Å². The van der Waals surface area contributed by atoms with Crippen LogP contribution in [0.5, 0.6) is 5.75 Å². The summed E-state index contributed by atoms with van der Waals surface area (Å²) in [5, 5.41) is 0. The molecule has 0 saturated carbocycles. The van der Waals surface area contributed by atoms with Gasteiger partial charge in [-0.2, -0.15) is 11.8 Å². The van der Waals surface area contributed by atoms with Gasteiger partial charge in [0, 0.05) is 18.1 Å². The fourth-order valence-electron chi connectivity index (χ4n) is 2.02. The zero-order chi connectivity index (χ0) is 17.6. The molecule has 0 spiro atoms. The number of sulfonamides is 1. The van der Waals surface area contributed by atoms with Crippen molar-refractivity contribution in [3.05, 3.63) is 59.4 Å². The molecule has 0 atom stereocenters. The molecule has 0 bridgehead atoms. The molecule has 2 rings (SSSR count). The van der Waals surface area contributed by atoms with E-state index < -0.39 is 15.8 Å². The van der Waals surface area contributed by atoms with Crippen LogP contribution in [0.25, 0.3) is 0 Å². The van der Waals surface area contributed by atoms with Gasteiger partial charge in [-0.15, -0.1) is 0 Å². The van der Waals surface area contributed by atoms with Crippen LogP contribution in [-0.2, 0) is 15.8 Å². The predicted octanol–water partition coefficient (Wildman–Crippen LogP) is 3.35. The first-order chi connectivity index (χ1) is 11.4. The van der Waals surface area contributed by atoms with Gasteiger partial charge in [-0.05, 0) is 30.7 Å². The maximum Gasteiger partial charge on any atom is 0.240 e. The first kappa shape index (κ1) is 18.8. The second-order valence-corrected chi connectivity index (χ2v) is 8.10. The summed E-state index contributed by atoms with van der Waals surface area (Å²) in [7, 11) is -2.39. The van der Waals surface area contributed by atoms with E-state index in [0.29, 0.717) is 5.75 Å². The second kappa shape index (κ2) is 8.50. The molecule has 4 nitrogen and oxygen atoms in total. The van der Waals surface area contributed by atoms with E-state index in [0.717, 1.165) is 11.8 Å². The average Bonchev–Trinajstić information content (AvgIpc) is 2.56. The Labute approximate surface area is 146 Å². The summed E-state index contributed by atoms with van der Waals surface area (Å²) < 4.78 is 45.1. The van der Waals surface area contributed by atoms with Gasteiger partial charge in [0.25, 0.3) is 0 Å². The molecule has 0 amide bonds. The Morgan fingerprint density at radius 3 is 2.50 bits per heavy atom. The summed E-state index contributed by atoms with van der Waals surface area (Å²) in [4.78, 5) is -0.107. The number of ether oxygens (including phenoxy) is 1. The first-order valence-corrected chi connectivity index (χ1v) is 10.0. The molecule has 0 radical (unpaired) electrons. The number of rotatable bonds is 8. The largest absolute Gasteiger partial charge is 0.494 e. The highest BCUT2D eigenvalue weighted by atomic mass is 32.2. The molecule has 130 valence electrons. The van der Waals surface area contributed by atoms with E-state index in [4.69, 9.17) is 4.74 Å². The topological polar surface area (TPSA) is 55.4 Å². The van der Waals surface area contributed by atoms with Crippen molar-refractivity contribution in [1.82, 2.24) is 4.72 Å². The van der Waals surface area contributed by atoms with Crippen molar-refractivity contribution in [2.75, 3.05) is 19.4 Å². The summed E-state index contributed by atoms with van der Waals surface area (Å²) in [6.07, 6.45) is 0. The van der Waals surface area contributed by atoms with E-state index in [1.165, 1.54) is 30.4 Å². The first-order valence-electron chi connectivity index (χ1n) is 7.39. The minimum atomic E-state index is -3.72. The van der Waals surface area contributed by atoms with Crippen molar-refractivity contribution in [2.45, 2.75) is 17.6 Å². The molecule has 1 N–H and O–H groups in total. The number of hydrogen-bond donors (Lipinski definition) is 1. The van der Waals surface area contributed by atoms with Gasteiger partial charge in [-0.3, -0.25) is 0 Å². The molecule has 0 aliphatic heterocycles. The lowest BCUT2D eigenvalue weighted by molar-refractivity contribution is 0.385. The highest BCUT2D eigenvalue weighted by Crippen LogP contribution is 2.20. The number of benzene rings is 2. The van der Waals surface area contributed by atoms with Gasteiger partial charge in [0.1, 0.15) is 0 Å². The molecular formula is C17H20FNO3S2. The number of nitrogens with one attached hydrogen (secondary N) is 1. The third kappa shape index (κ3) is 5.22. The van der Waals surface area contributed by atoms with Crippen LogP contribution in [0.4, 0.5) is 4.39 Å². The highest BCUT2D eigenvalue weighted by molar-refractivity contribution is 7.98. The predicted molar refractivity (Wildman–Crippen MR) is 95.5 cm³/mol. The van der Waals surface area contributed by atoms with Crippen molar-refractivity contribution in [3.8, 4) is 5.75 Å². The van der Waals surface area contributed by atoms with Gasteiger partial charge in [0.2, 0.25) is 10.0 Å². The quantitative estimate of drug-likeness (QED) is 0.725. The van der Waals surface area contributed by atoms with Crippen LogP contribution in [0.2, 0.25) is 0 Å². The molecule has 2 aromatic rings. The Morgan fingerprint density at radius 1 is 1.17 bits per heavy atom. The number of thioether (sulfide) groups is 1. The van der Waals surface area contributed by atoms with Gasteiger partial charge >= 0.3 is 0 Å². The lowest BCUT2D eigenvalue weighted by atomic mass is 10.2. The SMILES string of the molecule is COc1ccc(S(=O)(=O)NCCSCc2ccc(C)cc2)cc1F. The summed E-state index contributed by atoms with van der Waals surface area (Å²) >= 11 is 1.64. The zero-order valence-corrected chi connectivity index (χ0v) is 15.2. The molecule has 2 aromatic carbocycles. The van der Waals surface area contributed by atoms with Crippen molar-refractivity contribution < 1.29 is 17.5 Å². The average molecular weight is 369 g/mol. The smallest absolute Gasteiger partial charge is 0.240 e. The number of halogens is 1. The Bertz CT molecular complexity index is 777. The minimum Gasteiger partial charge on any atom is -0.494 e. The molecule has 24 heavy (non-hydrogen) atoms. The molecule has 0 unspecified atom stereocenters. The maximum absolute atomic E-state index is 13.6. The van der Waals surface area contributed by atoms with Gasteiger partial charge in [0.15, 0.2) is 11.6 Å². The molecule has 0 aliphatic carbocycles. The fourth-order valence-corrected chi connectivity index (χ4v) is 4.01. The number of aryl methyl sites for hydroxylation is 1. The summed E-state index contributed by atoms with van der Waals surface area (Å²) in [6, 6.07) is 11.8. The van der Waals surface area contributed by atoms with Crippen LogP contribution >= 0.6 is 11.8 Å². The summed E-state index contributed by atoms with van der Waals surface area (Å²) in [6.45, 7) is 2.32. The molecule has 0 aromatic heterocycles. The van der Waals surface area contributed by atoms with E-state index in [1.807, 2.05) is 6.92 Å².